The van der Waals surface area contributed by atoms with Crippen LogP contribution < -0.4 is 10.1 Å². The van der Waals surface area contributed by atoms with Crippen LogP contribution in [0.5, 0.6) is 11.5 Å². The zero-order valence-electron chi connectivity index (χ0n) is 9.29. The molecule has 0 aliphatic carbocycles. The topological polar surface area (TPSA) is 41.5 Å². The molecule has 0 saturated carbocycles. The number of aromatic hydroxyl groups is 1. The number of methoxy groups -OCH3 is 1. The maximum absolute atomic E-state index is 10.1. The Morgan fingerprint density at radius 3 is 2.88 bits per heavy atom. The van der Waals surface area contributed by atoms with Crippen molar-refractivity contribution in [2.24, 2.45) is 0 Å². The minimum Gasteiger partial charge on any atom is -0.504 e. The van der Waals surface area contributed by atoms with Gasteiger partial charge in [-0.25, -0.2) is 0 Å². The van der Waals surface area contributed by atoms with Crippen molar-refractivity contribution in [3.8, 4) is 11.5 Å². The molecule has 4 heteroatoms. The van der Waals surface area contributed by atoms with E-state index >= 15 is 0 Å². The Morgan fingerprint density at radius 2 is 2.25 bits per heavy atom. The molecule has 1 saturated heterocycles. The summed E-state index contributed by atoms with van der Waals surface area (Å²) in [6, 6.07) is 3.97. The molecule has 1 fully saturated rings. The lowest BCUT2D eigenvalue weighted by Gasteiger charge is -2.25. The summed E-state index contributed by atoms with van der Waals surface area (Å²) in [5.41, 5.74) is 0.922. The van der Waals surface area contributed by atoms with E-state index in [4.69, 9.17) is 4.74 Å². The Balaban J connectivity index is 2.34. The summed E-state index contributed by atoms with van der Waals surface area (Å²) in [6.07, 6.45) is 3.47. The number of halogens is 1. The van der Waals surface area contributed by atoms with E-state index in [1.54, 1.807) is 13.2 Å². The average molecular weight is 286 g/mol. The number of hydrogen-bond donors (Lipinski definition) is 2. The number of nitrogens with one attached hydrogen (secondary N) is 1. The van der Waals surface area contributed by atoms with E-state index in [1.807, 2.05) is 6.07 Å². The van der Waals surface area contributed by atoms with Crippen LogP contribution in [0.3, 0.4) is 0 Å². The van der Waals surface area contributed by atoms with Crippen LogP contribution in [0.15, 0.2) is 16.6 Å². The summed E-state index contributed by atoms with van der Waals surface area (Å²) in [5, 5.41) is 13.5. The maximum atomic E-state index is 10.1. The predicted octanol–water partition coefficient (Wildman–Crippen LogP) is 2.98. The van der Waals surface area contributed by atoms with E-state index in [9.17, 15) is 5.11 Å². The van der Waals surface area contributed by atoms with E-state index in [0.29, 0.717) is 5.75 Å². The van der Waals surface area contributed by atoms with Crippen molar-refractivity contribution in [2.75, 3.05) is 13.7 Å². The van der Waals surface area contributed by atoms with Gasteiger partial charge in [-0.2, -0.15) is 0 Å². The molecule has 1 heterocycles. The number of phenolic OH excluding ortho intramolecular Hbond substituents is 1. The standard InChI is InChI=1S/C12H16BrNO2/c1-16-11-7-8(13)6-9(12(11)15)10-4-2-3-5-14-10/h6-7,10,14-15H,2-5H2,1H3/t10-/m0/s1. The summed E-state index contributed by atoms with van der Waals surface area (Å²) >= 11 is 3.44. The van der Waals surface area contributed by atoms with Crippen molar-refractivity contribution in [3.05, 3.63) is 22.2 Å². The smallest absolute Gasteiger partial charge is 0.162 e. The second kappa shape index (κ2) is 5.06. The molecule has 1 aromatic carbocycles. The van der Waals surface area contributed by atoms with Gasteiger partial charge in [-0.15, -0.1) is 0 Å². The highest BCUT2D eigenvalue weighted by Gasteiger charge is 2.20. The van der Waals surface area contributed by atoms with Crippen molar-refractivity contribution < 1.29 is 9.84 Å². The first-order chi connectivity index (χ1) is 7.72. The third-order valence-corrected chi connectivity index (χ3v) is 3.43. The molecule has 2 N–H and O–H groups in total. The van der Waals surface area contributed by atoms with E-state index < -0.39 is 0 Å². The molecule has 1 atom stereocenters. The van der Waals surface area contributed by atoms with Crippen LogP contribution in [0.25, 0.3) is 0 Å². The summed E-state index contributed by atoms with van der Waals surface area (Å²) in [4.78, 5) is 0. The second-order valence-corrected chi connectivity index (χ2v) is 4.96. The lowest BCUT2D eigenvalue weighted by molar-refractivity contribution is 0.354. The lowest BCUT2D eigenvalue weighted by Crippen LogP contribution is -2.26. The molecule has 0 radical (unpaired) electrons. The second-order valence-electron chi connectivity index (χ2n) is 4.05. The molecule has 0 unspecified atom stereocenters. The highest BCUT2D eigenvalue weighted by Crippen LogP contribution is 2.39. The Bertz CT molecular complexity index is 376. The summed E-state index contributed by atoms with van der Waals surface area (Å²) in [5.74, 6) is 0.779. The highest BCUT2D eigenvalue weighted by atomic mass is 79.9. The van der Waals surface area contributed by atoms with Gasteiger partial charge in [-0.05, 0) is 31.5 Å². The first-order valence-electron chi connectivity index (χ1n) is 5.52. The van der Waals surface area contributed by atoms with Gasteiger partial charge < -0.3 is 15.2 Å². The zero-order chi connectivity index (χ0) is 11.5. The number of piperidine rings is 1. The van der Waals surface area contributed by atoms with Crippen LogP contribution in [0, 0.1) is 0 Å². The van der Waals surface area contributed by atoms with Gasteiger partial charge in [0.05, 0.1) is 7.11 Å². The fourth-order valence-corrected chi connectivity index (χ4v) is 2.59. The van der Waals surface area contributed by atoms with E-state index in [2.05, 4.69) is 21.2 Å². The number of benzene rings is 1. The maximum Gasteiger partial charge on any atom is 0.162 e. The molecule has 0 aromatic heterocycles. The molecular formula is C12H16BrNO2. The van der Waals surface area contributed by atoms with Crippen molar-refractivity contribution in [2.45, 2.75) is 25.3 Å². The van der Waals surface area contributed by atoms with Gasteiger partial charge in [0.15, 0.2) is 11.5 Å². The van der Waals surface area contributed by atoms with E-state index in [0.717, 1.165) is 23.0 Å². The molecule has 0 spiro atoms. The number of phenols is 1. The quantitative estimate of drug-likeness (QED) is 0.878. The molecule has 3 nitrogen and oxygen atoms in total. The van der Waals surface area contributed by atoms with Gasteiger partial charge in [0.1, 0.15) is 0 Å². The van der Waals surface area contributed by atoms with Crippen LogP contribution in [0.2, 0.25) is 0 Å². The Morgan fingerprint density at radius 1 is 1.44 bits per heavy atom. The van der Waals surface area contributed by atoms with Crippen LogP contribution in [0.4, 0.5) is 0 Å². The molecular weight excluding hydrogens is 270 g/mol. The van der Waals surface area contributed by atoms with Crippen molar-refractivity contribution in [1.82, 2.24) is 5.32 Å². The van der Waals surface area contributed by atoms with Crippen LogP contribution in [-0.2, 0) is 0 Å². The normalized spacial score (nSPS) is 20.8. The van der Waals surface area contributed by atoms with Crippen molar-refractivity contribution >= 4 is 15.9 Å². The molecule has 0 bridgehead atoms. The number of ether oxygens (including phenoxy) is 1. The first-order valence-corrected chi connectivity index (χ1v) is 6.31. The van der Waals surface area contributed by atoms with Gasteiger partial charge in [-0.1, -0.05) is 22.4 Å². The minimum atomic E-state index is 0.236. The van der Waals surface area contributed by atoms with Crippen LogP contribution >= 0.6 is 15.9 Å². The molecule has 0 amide bonds. The minimum absolute atomic E-state index is 0.236. The monoisotopic (exact) mass is 285 g/mol. The fraction of sp³-hybridized carbons (Fsp3) is 0.500. The Hall–Kier alpha value is -0.740. The third kappa shape index (κ3) is 2.33. The van der Waals surface area contributed by atoms with Crippen LogP contribution in [-0.4, -0.2) is 18.8 Å². The zero-order valence-corrected chi connectivity index (χ0v) is 10.9. The van der Waals surface area contributed by atoms with E-state index in [-0.39, 0.29) is 11.8 Å². The molecule has 88 valence electrons. The highest BCUT2D eigenvalue weighted by molar-refractivity contribution is 9.10. The Labute approximate surface area is 104 Å². The first kappa shape index (κ1) is 11.7. The van der Waals surface area contributed by atoms with Crippen LogP contribution in [0.1, 0.15) is 30.9 Å². The van der Waals surface area contributed by atoms with Gasteiger partial charge in [0.25, 0.3) is 0 Å². The largest absolute Gasteiger partial charge is 0.504 e. The molecule has 16 heavy (non-hydrogen) atoms. The summed E-state index contributed by atoms with van der Waals surface area (Å²) in [7, 11) is 1.57. The molecule has 1 aliphatic heterocycles. The van der Waals surface area contributed by atoms with Crippen molar-refractivity contribution in [1.29, 1.82) is 0 Å². The fourth-order valence-electron chi connectivity index (χ4n) is 2.13. The average Bonchev–Trinajstić information content (AvgIpc) is 2.33. The van der Waals surface area contributed by atoms with Gasteiger partial charge in [0, 0.05) is 16.1 Å². The number of hydrogen-bond acceptors (Lipinski definition) is 3. The number of rotatable bonds is 2. The third-order valence-electron chi connectivity index (χ3n) is 2.97. The van der Waals surface area contributed by atoms with Crippen molar-refractivity contribution in [3.63, 3.8) is 0 Å². The van der Waals surface area contributed by atoms with Gasteiger partial charge >= 0.3 is 0 Å². The molecule has 1 aliphatic rings. The van der Waals surface area contributed by atoms with E-state index in [1.165, 1.54) is 12.8 Å². The van der Waals surface area contributed by atoms with Gasteiger partial charge in [-0.3, -0.25) is 0 Å². The van der Waals surface area contributed by atoms with Gasteiger partial charge in [0.2, 0.25) is 0 Å². The lowest BCUT2D eigenvalue weighted by atomic mass is 9.96. The summed E-state index contributed by atoms with van der Waals surface area (Å²) in [6.45, 7) is 1.01. The molecule has 2 rings (SSSR count). The molecule has 1 aromatic rings. The summed E-state index contributed by atoms with van der Waals surface area (Å²) < 4.78 is 6.08. The Kier molecular flexibility index (Phi) is 3.71. The SMILES string of the molecule is COc1cc(Br)cc([C@@H]2CCCCN2)c1O. The predicted molar refractivity (Wildman–Crippen MR) is 67.0 cm³/mol.